The zero-order valence-corrected chi connectivity index (χ0v) is 25.9. The van der Waals surface area contributed by atoms with Gasteiger partial charge in [0.25, 0.3) is 0 Å². The van der Waals surface area contributed by atoms with Crippen LogP contribution in [0, 0.1) is 11.3 Å². The van der Waals surface area contributed by atoms with Crippen LogP contribution in [0.3, 0.4) is 0 Å². The first kappa shape index (κ1) is 29.5. The molecule has 0 radical (unpaired) electrons. The monoisotopic (exact) mass is 566 g/mol. The van der Waals surface area contributed by atoms with Crippen LogP contribution in [0.25, 0.3) is 10.9 Å². The van der Waals surface area contributed by atoms with Crippen LogP contribution in [-0.2, 0) is 34.5 Å². The molecule has 3 aromatic rings. The fourth-order valence-corrected chi connectivity index (χ4v) is 7.06. The van der Waals surface area contributed by atoms with E-state index in [0.29, 0.717) is 18.3 Å². The van der Waals surface area contributed by atoms with Crippen LogP contribution in [0.2, 0.25) is 19.6 Å². The highest BCUT2D eigenvalue weighted by molar-refractivity contribution is 7.89. The molecule has 7 nitrogen and oxygen atoms in total. The van der Waals surface area contributed by atoms with Gasteiger partial charge in [-0.25, -0.2) is 8.42 Å². The fraction of sp³-hybridized carbons (Fsp3) is 0.500. The van der Waals surface area contributed by atoms with Gasteiger partial charge in [0, 0.05) is 36.9 Å². The van der Waals surface area contributed by atoms with Gasteiger partial charge in [-0.2, -0.15) is 9.57 Å². The van der Waals surface area contributed by atoms with E-state index >= 15 is 0 Å². The summed E-state index contributed by atoms with van der Waals surface area (Å²) in [5, 5.41) is 9.79. The molecule has 0 amide bonds. The molecule has 4 rings (SSSR count). The van der Waals surface area contributed by atoms with E-state index in [9.17, 15) is 13.7 Å². The first-order chi connectivity index (χ1) is 18.4. The maximum absolute atomic E-state index is 13.6. The highest BCUT2D eigenvalue weighted by Gasteiger charge is 2.32. The normalized spacial score (nSPS) is 18.5. The summed E-state index contributed by atoms with van der Waals surface area (Å²) in [6, 6.07) is 17.6. The summed E-state index contributed by atoms with van der Waals surface area (Å²) in [5.74, 6) is 0. The van der Waals surface area contributed by atoms with Crippen molar-refractivity contribution in [2.75, 3.05) is 20.6 Å². The van der Waals surface area contributed by atoms with Gasteiger partial charge in [0.1, 0.15) is 6.73 Å². The van der Waals surface area contributed by atoms with Crippen molar-refractivity contribution in [2.45, 2.75) is 76.1 Å². The lowest BCUT2D eigenvalue weighted by atomic mass is 10.0. The van der Waals surface area contributed by atoms with E-state index in [-0.39, 0.29) is 12.3 Å². The standard InChI is InChI=1S/C30H42N4O3SSi/c1-23(39(4,5)6)37-22-34-21-26(17-27-13-10-16-32(27)2)28-18-25(14-15-29(28)34)30(19-31)38(35,36)33(3)20-24-11-8-7-9-12-24/h7-9,11-12,14-15,18,21,23,27,30H,10,13,16-17,20,22H2,1-6H3. The lowest BCUT2D eigenvalue weighted by Gasteiger charge is -2.25. The summed E-state index contributed by atoms with van der Waals surface area (Å²) in [4.78, 5) is 2.40. The molecule has 0 aliphatic carbocycles. The molecule has 210 valence electrons. The van der Waals surface area contributed by atoms with Gasteiger partial charge in [-0.1, -0.05) is 56.0 Å². The molecule has 1 aliphatic rings. The maximum Gasteiger partial charge on any atom is 0.234 e. The van der Waals surface area contributed by atoms with Gasteiger partial charge < -0.3 is 14.2 Å². The van der Waals surface area contributed by atoms with Gasteiger partial charge in [0.15, 0.2) is 5.25 Å². The van der Waals surface area contributed by atoms with Gasteiger partial charge >= 0.3 is 0 Å². The Kier molecular flexibility index (Phi) is 9.04. The van der Waals surface area contributed by atoms with Crippen LogP contribution in [0.15, 0.2) is 54.7 Å². The highest BCUT2D eigenvalue weighted by Crippen LogP contribution is 2.32. The summed E-state index contributed by atoms with van der Waals surface area (Å²) in [7, 11) is -1.65. The molecule has 3 unspecified atom stereocenters. The number of likely N-dealkylation sites (N-methyl/N-ethyl adjacent to an activating group) is 1. The quantitative estimate of drug-likeness (QED) is 0.285. The second kappa shape index (κ2) is 11.9. The van der Waals surface area contributed by atoms with E-state index in [2.05, 4.69) is 55.3 Å². The molecule has 3 atom stereocenters. The smallest absolute Gasteiger partial charge is 0.234 e. The van der Waals surface area contributed by atoms with Crippen LogP contribution < -0.4 is 0 Å². The number of hydrogen-bond donors (Lipinski definition) is 0. The minimum atomic E-state index is -3.91. The average molecular weight is 567 g/mol. The molecule has 1 saturated heterocycles. The number of ether oxygens (including phenoxy) is 1. The van der Waals surface area contributed by atoms with E-state index in [4.69, 9.17) is 4.74 Å². The number of aromatic nitrogens is 1. The Bertz CT molecular complexity index is 1430. The summed E-state index contributed by atoms with van der Waals surface area (Å²) in [5.41, 5.74) is 3.75. The van der Waals surface area contributed by atoms with E-state index < -0.39 is 23.3 Å². The number of nitrogens with zero attached hydrogens (tertiary/aromatic N) is 4. The second-order valence-electron chi connectivity index (χ2n) is 12.0. The molecule has 0 saturated carbocycles. The maximum atomic E-state index is 13.6. The summed E-state index contributed by atoms with van der Waals surface area (Å²) in [6.45, 7) is 10.8. The van der Waals surface area contributed by atoms with Gasteiger partial charge in [-0.3, -0.25) is 0 Å². The Hall–Kier alpha value is -2.48. The largest absolute Gasteiger partial charge is 0.361 e. The predicted molar refractivity (Wildman–Crippen MR) is 160 cm³/mol. The van der Waals surface area contributed by atoms with Crippen molar-refractivity contribution in [3.63, 3.8) is 0 Å². The van der Waals surface area contributed by atoms with Gasteiger partial charge in [0.05, 0.1) is 19.7 Å². The van der Waals surface area contributed by atoms with Gasteiger partial charge in [-0.05, 0) is 68.6 Å². The van der Waals surface area contributed by atoms with Crippen molar-refractivity contribution in [3.8, 4) is 6.07 Å². The molecule has 1 aromatic heterocycles. The number of rotatable bonds is 11. The van der Waals surface area contributed by atoms with Crippen molar-refractivity contribution < 1.29 is 13.2 Å². The van der Waals surface area contributed by atoms with E-state index in [1.54, 1.807) is 13.1 Å². The number of likely N-dealkylation sites (tertiary alicyclic amines) is 1. The third kappa shape index (κ3) is 6.64. The lowest BCUT2D eigenvalue weighted by molar-refractivity contribution is 0.0592. The first-order valence-corrected chi connectivity index (χ1v) is 18.8. The Labute approximate surface area is 235 Å². The molecule has 1 aliphatic heterocycles. The number of benzene rings is 2. The Balaban J connectivity index is 1.68. The van der Waals surface area contributed by atoms with Crippen molar-refractivity contribution in [3.05, 3.63) is 71.4 Å². The summed E-state index contributed by atoms with van der Waals surface area (Å²) in [6.07, 6.45) is 5.37. The van der Waals surface area contributed by atoms with E-state index in [1.165, 1.54) is 16.3 Å². The third-order valence-electron chi connectivity index (χ3n) is 8.20. The van der Waals surface area contributed by atoms with Crippen LogP contribution in [0.5, 0.6) is 0 Å². The summed E-state index contributed by atoms with van der Waals surface area (Å²) < 4.78 is 36.8. The fourth-order valence-electron chi connectivity index (χ4n) is 5.18. The molecule has 0 N–H and O–H groups in total. The van der Waals surface area contributed by atoms with Crippen LogP contribution in [0.1, 0.15) is 41.7 Å². The zero-order valence-electron chi connectivity index (χ0n) is 24.1. The minimum absolute atomic E-state index is 0.201. The van der Waals surface area contributed by atoms with Crippen LogP contribution >= 0.6 is 0 Å². The molecule has 0 bridgehead atoms. The molecule has 2 heterocycles. The predicted octanol–water partition coefficient (Wildman–Crippen LogP) is 5.54. The molecular weight excluding hydrogens is 525 g/mol. The second-order valence-corrected chi connectivity index (χ2v) is 19.7. The van der Waals surface area contributed by atoms with Crippen molar-refractivity contribution >= 4 is 29.0 Å². The topological polar surface area (TPSA) is 78.6 Å². The molecule has 1 fully saturated rings. The molecule has 39 heavy (non-hydrogen) atoms. The van der Waals surface area contributed by atoms with Crippen molar-refractivity contribution in [1.82, 2.24) is 13.8 Å². The zero-order chi connectivity index (χ0) is 28.4. The van der Waals surface area contributed by atoms with Gasteiger partial charge in [0.2, 0.25) is 10.0 Å². The van der Waals surface area contributed by atoms with Crippen molar-refractivity contribution in [1.29, 1.82) is 5.26 Å². The number of sulfonamides is 1. The Morgan fingerprint density at radius 2 is 1.90 bits per heavy atom. The highest BCUT2D eigenvalue weighted by atomic mass is 32.2. The number of hydrogen-bond acceptors (Lipinski definition) is 5. The number of nitriles is 1. The molecule has 9 heteroatoms. The Morgan fingerprint density at radius 3 is 2.51 bits per heavy atom. The van der Waals surface area contributed by atoms with E-state index in [0.717, 1.165) is 35.9 Å². The van der Waals surface area contributed by atoms with Gasteiger partial charge in [-0.15, -0.1) is 0 Å². The van der Waals surface area contributed by atoms with Crippen LogP contribution in [-0.4, -0.2) is 62.7 Å². The SMILES string of the molecule is CC(OCn1cc(CC2CCCN2C)c2cc(C(C#N)S(=O)(=O)N(C)Cc3ccccc3)ccc21)[Si](C)(C)C. The molecule has 0 spiro atoms. The molecular formula is C30H42N4O3SSi. The summed E-state index contributed by atoms with van der Waals surface area (Å²) >= 11 is 0. The average Bonchev–Trinajstić information content (AvgIpc) is 3.45. The van der Waals surface area contributed by atoms with Crippen molar-refractivity contribution in [2.24, 2.45) is 0 Å². The molecule has 2 aromatic carbocycles. The van der Waals surface area contributed by atoms with Crippen LogP contribution in [0.4, 0.5) is 0 Å². The lowest BCUT2D eigenvalue weighted by Crippen LogP contribution is -2.38. The Morgan fingerprint density at radius 1 is 1.18 bits per heavy atom. The first-order valence-electron chi connectivity index (χ1n) is 13.7. The minimum Gasteiger partial charge on any atom is -0.361 e. The number of fused-ring (bicyclic) bond motifs is 1. The van der Waals surface area contributed by atoms with E-state index in [1.807, 2.05) is 42.5 Å². The third-order valence-corrected chi connectivity index (χ3v) is 12.8.